The van der Waals surface area contributed by atoms with Gasteiger partial charge < -0.3 is 19.4 Å². The monoisotopic (exact) mass is 463 g/mol. The van der Waals surface area contributed by atoms with Crippen LogP contribution >= 0.6 is 11.6 Å². The zero-order chi connectivity index (χ0) is 22.8. The Morgan fingerprint density at radius 2 is 2.03 bits per heavy atom. The van der Waals surface area contributed by atoms with Gasteiger partial charge in [0.1, 0.15) is 24.4 Å². The summed E-state index contributed by atoms with van der Waals surface area (Å²) in [5, 5.41) is 4.86. The highest BCUT2D eigenvalue weighted by molar-refractivity contribution is 6.45. The Bertz CT molecular complexity index is 1220. The average Bonchev–Trinajstić information content (AvgIpc) is 3.14. The first kappa shape index (κ1) is 21.2. The van der Waals surface area contributed by atoms with Crippen LogP contribution in [0.5, 0.6) is 5.75 Å². The Morgan fingerprint density at radius 3 is 2.85 bits per heavy atom. The second kappa shape index (κ2) is 7.59. The second-order valence-corrected chi connectivity index (χ2v) is 10.7. The van der Waals surface area contributed by atoms with Crippen molar-refractivity contribution >= 4 is 41.1 Å². The summed E-state index contributed by atoms with van der Waals surface area (Å²) in [4.78, 5) is 8.81. The van der Waals surface area contributed by atoms with Crippen molar-refractivity contribution in [1.82, 2.24) is 9.97 Å². The lowest BCUT2D eigenvalue weighted by atomic mass is 9.43. The Labute approximate surface area is 199 Å². The molecule has 1 N–H and O–H groups in total. The van der Waals surface area contributed by atoms with Crippen LogP contribution < -0.4 is 10.1 Å². The summed E-state index contributed by atoms with van der Waals surface area (Å²) in [5.41, 5.74) is 1.79. The standard InChI is InChI=1S/C25H27BClN3O3/c1-24(2)15-9-21(24)25(3)22(10-15)32-26(33-25)13-31-18-7-8-20-19(12-18)23(29-14-28-20)30-17-6-4-5-16(27)11-17/h4-8,11-12,14-15,21-22H,9-10,13H2,1-3H3,(H,28,29,30)/t15-,21-,22?,25-/m0/s1. The molecule has 3 aliphatic carbocycles. The Balaban J connectivity index is 1.18. The average molecular weight is 464 g/mol. The van der Waals surface area contributed by atoms with Gasteiger partial charge in [0.2, 0.25) is 0 Å². The SMILES string of the molecule is CC1(C)[C@@H]2CC3OB(COc4ccc5ncnc(Nc6cccc(Cl)c6)c5c4)O[C@@]3(C)[C@H]1C2. The van der Waals surface area contributed by atoms with E-state index in [-0.39, 0.29) is 18.8 Å². The van der Waals surface area contributed by atoms with Crippen molar-refractivity contribution in [3.63, 3.8) is 0 Å². The molecule has 7 rings (SSSR count). The molecule has 0 radical (unpaired) electrons. The molecule has 170 valence electrons. The van der Waals surface area contributed by atoms with Gasteiger partial charge in [0.15, 0.2) is 0 Å². The summed E-state index contributed by atoms with van der Waals surface area (Å²) in [6.07, 6.45) is 4.01. The Hall–Kier alpha value is -2.35. The first-order valence-corrected chi connectivity index (χ1v) is 11.9. The Morgan fingerprint density at radius 1 is 1.15 bits per heavy atom. The molecule has 2 aromatic carbocycles. The van der Waals surface area contributed by atoms with Gasteiger partial charge in [0, 0.05) is 16.1 Å². The molecule has 2 heterocycles. The molecule has 2 bridgehead atoms. The van der Waals surface area contributed by atoms with Gasteiger partial charge in [-0.05, 0) is 73.4 Å². The van der Waals surface area contributed by atoms with E-state index >= 15 is 0 Å². The molecular formula is C25H27BClN3O3. The van der Waals surface area contributed by atoms with Crippen molar-refractivity contribution in [3.05, 3.63) is 53.8 Å². The number of ether oxygens (including phenoxy) is 1. The summed E-state index contributed by atoms with van der Waals surface area (Å²) in [5.74, 6) is 2.69. The summed E-state index contributed by atoms with van der Waals surface area (Å²) in [6.45, 7) is 7.31. The van der Waals surface area contributed by atoms with Gasteiger partial charge in [-0.2, -0.15) is 0 Å². The van der Waals surface area contributed by atoms with Crippen LogP contribution in [0, 0.1) is 17.3 Å². The molecule has 0 amide bonds. The number of halogens is 1. The third kappa shape index (κ3) is 3.49. The van der Waals surface area contributed by atoms with Crippen molar-refractivity contribution in [2.45, 2.75) is 45.3 Å². The lowest BCUT2D eigenvalue weighted by Crippen LogP contribution is -2.65. The first-order valence-electron chi connectivity index (χ1n) is 11.6. The highest BCUT2D eigenvalue weighted by Gasteiger charge is 2.67. The van der Waals surface area contributed by atoms with Gasteiger partial charge in [-0.3, -0.25) is 0 Å². The zero-order valence-corrected chi connectivity index (χ0v) is 19.8. The van der Waals surface area contributed by atoms with E-state index in [1.54, 1.807) is 6.33 Å². The highest BCUT2D eigenvalue weighted by atomic mass is 35.5. The fourth-order valence-corrected chi connectivity index (χ4v) is 6.30. The van der Waals surface area contributed by atoms with Crippen molar-refractivity contribution < 1.29 is 14.0 Å². The van der Waals surface area contributed by atoms with E-state index in [1.807, 2.05) is 42.5 Å². The van der Waals surface area contributed by atoms with E-state index in [0.717, 1.165) is 34.7 Å². The third-order valence-electron chi connectivity index (χ3n) is 8.08. The van der Waals surface area contributed by atoms with Crippen LogP contribution in [0.3, 0.4) is 0 Å². The van der Waals surface area contributed by atoms with E-state index in [4.69, 9.17) is 25.6 Å². The van der Waals surface area contributed by atoms with E-state index in [2.05, 4.69) is 36.1 Å². The molecule has 4 aliphatic rings. The van der Waals surface area contributed by atoms with E-state index in [0.29, 0.717) is 28.7 Å². The maximum Gasteiger partial charge on any atom is 0.498 e. The fourth-order valence-electron chi connectivity index (χ4n) is 6.11. The number of nitrogens with zero attached hydrogens (tertiary/aromatic N) is 2. The third-order valence-corrected chi connectivity index (χ3v) is 8.32. The maximum absolute atomic E-state index is 6.47. The van der Waals surface area contributed by atoms with Gasteiger partial charge in [-0.25, -0.2) is 9.97 Å². The van der Waals surface area contributed by atoms with Gasteiger partial charge in [-0.15, -0.1) is 0 Å². The van der Waals surface area contributed by atoms with E-state index in [1.165, 1.54) is 6.42 Å². The summed E-state index contributed by atoms with van der Waals surface area (Å²) in [7, 11) is -0.359. The Kier molecular flexibility index (Phi) is 4.87. The van der Waals surface area contributed by atoms with Gasteiger partial charge in [0.25, 0.3) is 0 Å². The number of aromatic nitrogens is 2. The smallest absolute Gasteiger partial charge is 0.496 e. The van der Waals surface area contributed by atoms with Crippen LogP contribution in [-0.2, 0) is 9.31 Å². The van der Waals surface area contributed by atoms with Crippen molar-refractivity contribution in [3.8, 4) is 5.75 Å². The number of hydrogen-bond acceptors (Lipinski definition) is 6. The minimum atomic E-state index is -0.359. The lowest BCUT2D eigenvalue weighted by Gasteiger charge is -2.64. The van der Waals surface area contributed by atoms with Crippen LogP contribution in [-0.4, -0.2) is 35.3 Å². The van der Waals surface area contributed by atoms with E-state index in [9.17, 15) is 0 Å². The number of nitrogens with one attached hydrogen (secondary N) is 1. The van der Waals surface area contributed by atoms with E-state index < -0.39 is 0 Å². The number of hydrogen-bond donors (Lipinski definition) is 1. The van der Waals surface area contributed by atoms with Gasteiger partial charge in [0.05, 0.1) is 17.2 Å². The van der Waals surface area contributed by atoms with Crippen molar-refractivity contribution in [2.24, 2.45) is 17.3 Å². The summed E-state index contributed by atoms with van der Waals surface area (Å²) < 4.78 is 18.9. The second-order valence-electron chi connectivity index (χ2n) is 10.2. The van der Waals surface area contributed by atoms with Crippen molar-refractivity contribution in [1.29, 1.82) is 0 Å². The van der Waals surface area contributed by atoms with Crippen LogP contribution in [0.1, 0.15) is 33.6 Å². The molecular weight excluding hydrogens is 437 g/mol. The molecule has 33 heavy (non-hydrogen) atoms. The predicted octanol–water partition coefficient (Wildman–Crippen LogP) is 5.67. The number of benzene rings is 2. The molecule has 1 aliphatic heterocycles. The van der Waals surface area contributed by atoms with Crippen LogP contribution in [0.25, 0.3) is 10.9 Å². The minimum Gasteiger partial charge on any atom is -0.496 e. The molecule has 6 nitrogen and oxygen atoms in total. The largest absolute Gasteiger partial charge is 0.498 e. The molecule has 1 unspecified atom stereocenters. The van der Waals surface area contributed by atoms with Crippen LogP contribution in [0.15, 0.2) is 48.8 Å². The number of anilines is 2. The molecule has 3 saturated carbocycles. The van der Waals surface area contributed by atoms with Gasteiger partial charge in [-0.1, -0.05) is 31.5 Å². The topological polar surface area (TPSA) is 65.5 Å². The normalized spacial score (nSPS) is 29.5. The quantitative estimate of drug-likeness (QED) is 0.492. The predicted molar refractivity (Wildman–Crippen MR) is 130 cm³/mol. The summed E-state index contributed by atoms with van der Waals surface area (Å²) >= 11 is 6.12. The zero-order valence-electron chi connectivity index (χ0n) is 19.0. The summed E-state index contributed by atoms with van der Waals surface area (Å²) in [6, 6.07) is 13.3. The molecule has 4 atom stereocenters. The first-order chi connectivity index (χ1) is 15.8. The molecule has 8 heteroatoms. The van der Waals surface area contributed by atoms with Crippen LogP contribution in [0.4, 0.5) is 11.5 Å². The number of fused-ring (bicyclic) bond motifs is 1. The fraction of sp³-hybridized carbons (Fsp3) is 0.440. The number of rotatable bonds is 5. The highest BCUT2D eigenvalue weighted by Crippen LogP contribution is 2.65. The molecule has 4 fully saturated rings. The lowest BCUT2D eigenvalue weighted by molar-refractivity contribution is -0.199. The maximum atomic E-state index is 6.47. The molecule has 1 saturated heterocycles. The minimum absolute atomic E-state index is 0.154. The molecule has 3 aromatic rings. The van der Waals surface area contributed by atoms with Crippen molar-refractivity contribution in [2.75, 3.05) is 11.8 Å². The molecule has 0 spiro atoms. The molecule has 1 aromatic heterocycles. The van der Waals surface area contributed by atoms with Crippen LogP contribution in [0.2, 0.25) is 5.02 Å². The van der Waals surface area contributed by atoms with Gasteiger partial charge >= 0.3 is 7.12 Å².